The fourth-order valence-corrected chi connectivity index (χ4v) is 7.13. The Morgan fingerprint density at radius 1 is 0.559 bits per heavy atom. The molecule has 4 heteroatoms. The maximum atomic E-state index is 14.3. The molecule has 0 N–H and O–H groups in total. The summed E-state index contributed by atoms with van der Waals surface area (Å²) in [5.74, 6) is 0. The molecule has 0 spiro atoms. The second-order valence-electron chi connectivity index (χ2n) is 11.3. The Kier molecular flexibility index (Phi) is 12.8. The van der Waals surface area contributed by atoms with Gasteiger partial charge in [-0.15, -0.1) is 6.42 Å². The van der Waals surface area contributed by atoms with E-state index in [1.165, 1.54) is 128 Å². The third kappa shape index (κ3) is 7.99. The van der Waals surface area contributed by atoms with Gasteiger partial charge < -0.3 is 9.80 Å². The van der Waals surface area contributed by atoms with Gasteiger partial charge in [0.05, 0.1) is 0 Å². The van der Waals surface area contributed by atoms with E-state index in [1.807, 2.05) is 12.2 Å². The van der Waals surface area contributed by atoms with Crippen LogP contribution in [-0.2, 0) is 21.7 Å². The van der Waals surface area contributed by atoms with E-state index in [2.05, 4.69) is 22.0 Å². The molecule has 0 radical (unpaired) electrons. The van der Waals surface area contributed by atoms with Crippen LogP contribution in [0.4, 0.5) is 4.79 Å². The predicted molar refractivity (Wildman–Crippen MR) is 138 cm³/mol. The quantitative estimate of drug-likeness (QED) is 0.280. The van der Waals surface area contributed by atoms with Crippen LogP contribution < -0.4 is 0 Å². The normalized spacial score (nSPS) is 24.7. The van der Waals surface area contributed by atoms with Crippen molar-refractivity contribution in [3.63, 3.8) is 0 Å². The van der Waals surface area contributed by atoms with Gasteiger partial charge in [-0.2, -0.15) is 6.08 Å². The third-order valence-electron chi connectivity index (χ3n) is 8.90. The molecule has 0 aromatic rings. The molecular formula is C30H49N2OTi-. The first-order chi connectivity index (χ1) is 16.3. The van der Waals surface area contributed by atoms with E-state index in [-0.39, 0.29) is 21.7 Å². The molecule has 0 unspecified atom stereocenters. The topological polar surface area (TPSA) is 23.6 Å². The van der Waals surface area contributed by atoms with E-state index in [4.69, 9.17) is 0 Å². The summed E-state index contributed by atoms with van der Waals surface area (Å²) in [6, 6.07) is 2.58. The van der Waals surface area contributed by atoms with Crippen molar-refractivity contribution >= 4 is 6.03 Å². The summed E-state index contributed by atoms with van der Waals surface area (Å²) >= 11 is 0. The van der Waals surface area contributed by atoms with Crippen LogP contribution in [0.15, 0.2) is 18.2 Å². The fourth-order valence-electron chi connectivity index (χ4n) is 7.13. The molecule has 4 fully saturated rings. The summed E-state index contributed by atoms with van der Waals surface area (Å²) in [5, 5.41) is 0. The van der Waals surface area contributed by atoms with Crippen molar-refractivity contribution in [1.82, 2.24) is 9.80 Å². The van der Waals surface area contributed by atoms with Gasteiger partial charge in [-0.3, -0.25) is 6.08 Å². The number of hydrogen-bond donors (Lipinski definition) is 0. The van der Waals surface area contributed by atoms with Crippen molar-refractivity contribution in [2.75, 3.05) is 0 Å². The van der Waals surface area contributed by atoms with Crippen LogP contribution in [0.3, 0.4) is 0 Å². The maximum absolute atomic E-state index is 14.3. The molecule has 0 atom stereocenters. The summed E-state index contributed by atoms with van der Waals surface area (Å²) in [6.45, 7) is 0. The molecule has 5 aliphatic rings. The second kappa shape index (κ2) is 15.5. The van der Waals surface area contributed by atoms with Crippen molar-refractivity contribution in [3.8, 4) is 0 Å². The molecular weight excluding hydrogens is 452 g/mol. The summed E-state index contributed by atoms with van der Waals surface area (Å²) in [6.07, 6.45) is 36.2. The van der Waals surface area contributed by atoms with Crippen LogP contribution >= 0.6 is 0 Å². The first-order valence-electron chi connectivity index (χ1n) is 14.7. The number of allylic oxidation sites excluding steroid dienone is 4. The zero-order chi connectivity index (χ0) is 22.7. The molecule has 0 aromatic carbocycles. The Morgan fingerprint density at radius 3 is 1.09 bits per heavy atom. The summed E-state index contributed by atoms with van der Waals surface area (Å²) < 4.78 is 0. The standard InChI is InChI=1S/C25H44N2O.C5H5.Ti/c28-25(26(21-13-5-1-6-14-21)22-15-7-2-8-16-22)27(23-17-9-3-10-18-23)24-19-11-4-12-20-24;1-2-4-5-3-1;/h21-24H,1-20H2;1-3H,4H2;/q;-1;. The number of amides is 2. The Bertz CT molecular complexity index is 536. The van der Waals surface area contributed by atoms with Crippen LogP contribution in [0.5, 0.6) is 0 Å². The third-order valence-corrected chi connectivity index (χ3v) is 8.90. The molecule has 2 amide bonds. The van der Waals surface area contributed by atoms with Crippen molar-refractivity contribution in [2.24, 2.45) is 0 Å². The number of urea groups is 1. The Balaban J connectivity index is 0.000000481. The van der Waals surface area contributed by atoms with E-state index >= 15 is 0 Å². The molecule has 190 valence electrons. The number of nitrogens with zero attached hydrogens (tertiary/aromatic N) is 2. The Labute approximate surface area is 225 Å². The Morgan fingerprint density at radius 2 is 0.882 bits per heavy atom. The van der Waals surface area contributed by atoms with Gasteiger partial charge in [0, 0.05) is 45.9 Å². The van der Waals surface area contributed by atoms with Gasteiger partial charge >= 0.3 is 6.03 Å². The van der Waals surface area contributed by atoms with E-state index < -0.39 is 0 Å². The van der Waals surface area contributed by atoms with Gasteiger partial charge in [0.1, 0.15) is 0 Å². The van der Waals surface area contributed by atoms with Crippen molar-refractivity contribution in [2.45, 2.75) is 159 Å². The molecule has 0 bridgehead atoms. The summed E-state index contributed by atoms with van der Waals surface area (Å²) in [5.41, 5.74) is 0. The zero-order valence-electron chi connectivity index (χ0n) is 21.7. The van der Waals surface area contributed by atoms with Gasteiger partial charge in [0.25, 0.3) is 0 Å². The summed E-state index contributed by atoms with van der Waals surface area (Å²) in [7, 11) is 0. The van der Waals surface area contributed by atoms with Crippen molar-refractivity contribution < 1.29 is 26.5 Å². The van der Waals surface area contributed by atoms with Crippen LogP contribution in [0, 0.1) is 6.08 Å². The average molecular weight is 502 g/mol. The maximum Gasteiger partial charge on any atom is 0.321 e. The molecule has 5 rings (SSSR count). The Hall–Kier alpha value is -0.536. The van der Waals surface area contributed by atoms with E-state index in [1.54, 1.807) is 0 Å². The van der Waals surface area contributed by atoms with Crippen molar-refractivity contribution in [1.29, 1.82) is 0 Å². The van der Waals surface area contributed by atoms with Gasteiger partial charge in [-0.05, 0) is 51.4 Å². The zero-order valence-corrected chi connectivity index (χ0v) is 23.3. The van der Waals surface area contributed by atoms with Crippen LogP contribution in [-0.4, -0.2) is 40.0 Å². The SMILES string of the molecule is O=C(N(C1CCCCC1)C1CCCCC1)N(C1CCCCC1)C1CCCCC1.[C-]1=CC=CC1.[Ti]. The number of carbonyl (C=O) groups is 1. The first-order valence-corrected chi connectivity index (χ1v) is 14.7. The fraction of sp³-hybridized carbons (Fsp3) is 0.833. The minimum atomic E-state index is 0. The molecule has 34 heavy (non-hydrogen) atoms. The molecule has 0 aromatic heterocycles. The molecule has 5 aliphatic carbocycles. The van der Waals surface area contributed by atoms with E-state index in [0.717, 1.165) is 6.42 Å². The van der Waals surface area contributed by atoms with Gasteiger partial charge in [0.2, 0.25) is 0 Å². The van der Waals surface area contributed by atoms with Crippen LogP contribution in [0.1, 0.15) is 135 Å². The van der Waals surface area contributed by atoms with E-state index in [9.17, 15) is 4.79 Å². The molecule has 3 nitrogen and oxygen atoms in total. The van der Waals surface area contributed by atoms with Gasteiger partial charge in [-0.25, -0.2) is 16.9 Å². The van der Waals surface area contributed by atoms with Crippen LogP contribution in [0.2, 0.25) is 0 Å². The monoisotopic (exact) mass is 501 g/mol. The number of carbonyl (C=O) groups excluding carboxylic acids is 1. The minimum Gasteiger partial charge on any atom is -0.319 e. The van der Waals surface area contributed by atoms with E-state index in [0.29, 0.717) is 30.2 Å². The van der Waals surface area contributed by atoms with Gasteiger partial charge in [0.15, 0.2) is 0 Å². The smallest absolute Gasteiger partial charge is 0.319 e. The molecule has 0 saturated heterocycles. The van der Waals surface area contributed by atoms with Crippen molar-refractivity contribution in [3.05, 3.63) is 24.3 Å². The molecule has 0 heterocycles. The van der Waals surface area contributed by atoms with Crippen LogP contribution in [0.25, 0.3) is 0 Å². The molecule has 4 saturated carbocycles. The predicted octanol–water partition coefficient (Wildman–Crippen LogP) is 8.34. The summed E-state index contributed by atoms with van der Waals surface area (Å²) in [4.78, 5) is 19.3. The first kappa shape index (κ1) is 28.0. The number of rotatable bonds is 4. The minimum absolute atomic E-state index is 0. The molecule has 0 aliphatic heterocycles. The van der Waals surface area contributed by atoms with Gasteiger partial charge in [-0.1, -0.05) is 77.0 Å². The number of hydrogen-bond acceptors (Lipinski definition) is 1. The average Bonchev–Trinajstić information content (AvgIpc) is 3.48. The second-order valence-corrected chi connectivity index (χ2v) is 11.3. The largest absolute Gasteiger partial charge is 0.321 e.